The maximum atomic E-state index is 13.7. The largest absolute Gasteiger partial charge is 0.352 e. The van der Waals surface area contributed by atoms with E-state index in [0.29, 0.717) is 44.0 Å². The molecule has 0 bridgehead atoms. The third kappa shape index (κ3) is 6.12. The zero-order valence-electron chi connectivity index (χ0n) is 19.4. The number of hydrogen-bond acceptors (Lipinski definition) is 2. The highest BCUT2D eigenvalue weighted by Gasteiger charge is 2.29. The molecule has 3 amide bonds. The van der Waals surface area contributed by atoms with E-state index in [-0.39, 0.29) is 29.7 Å². The van der Waals surface area contributed by atoms with Crippen molar-refractivity contribution >= 4 is 11.9 Å². The Hall–Kier alpha value is -2.89. The van der Waals surface area contributed by atoms with Gasteiger partial charge in [-0.1, -0.05) is 42.5 Å². The molecule has 0 aromatic heterocycles. The molecule has 1 heterocycles. The first-order chi connectivity index (χ1) is 16.0. The lowest BCUT2D eigenvalue weighted by atomic mass is 9.82. The Bertz CT molecular complexity index is 949. The Morgan fingerprint density at radius 3 is 2.33 bits per heavy atom. The molecule has 1 aliphatic heterocycles. The van der Waals surface area contributed by atoms with Crippen molar-refractivity contribution < 1.29 is 14.0 Å². The van der Waals surface area contributed by atoms with Crippen LogP contribution in [0.2, 0.25) is 0 Å². The van der Waals surface area contributed by atoms with E-state index in [0.717, 1.165) is 31.2 Å². The van der Waals surface area contributed by atoms with E-state index in [9.17, 15) is 14.0 Å². The number of likely N-dealkylation sites (tertiary alicyclic amines) is 1. The Kier molecular flexibility index (Phi) is 7.63. The molecular weight excluding hydrogens is 417 g/mol. The van der Waals surface area contributed by atoms with Crippen molar-refractivity contribution in [3.8, 4) is 0 Å². The van der Waals surface area contributed by atoms with Gasteiger partial charge in [0.25, 0.3) is 0 Å². The number of carbonyl (C=O) groups excluding carboxylic acids is 2. The fourth-order valence-corrected chi connectivity index (χ4v) is 4.99. The van der Waals surface area contributed by atoms with Crippen molar-refractivity contribution in [2.45, 2.75) is 64.0 Å². The van der Waals surface area contributed by atoms with E-state index in [4.69, 9.17) is 0 Å². The number of urea groups is 1. The van der Waals surface area contributed by atoms with Gasteiger partial charge in [-0.05, 0) is 74.1 Å². The lowest BCUT2D eigenvalue weighted by Gasteiger charge is -2.34. The summed E-state index contributed by atoms with van der Waals surface area (Å²) in [5.41, 5.74) is 2.75. The van der Waals surface area contributed by atoms with Crippen LogP contribution in [0.3, 0.4) is 0 Å². The van der Waals surface area contributed by atoms with Crippen LogP contribution in [0.25, 0.3) is 0 Å². The molecule has 2 N–H and O–H groups in total. The van der Waals surface area contributed by atoms with Gasteiger partial charge >= 0.3 is 6.03 Å². The molecule has 1 saturated heterocycles. The smallest absolute Gasteiger partial charge is 0.317 e. The van der Waals surface area contributed by atoms with Gasteiger partial charge in [0.1, 0.15) is 5.82 Å². The van der Waals surface area contributed by atoms with Crippen LogP contribution < -0.4 is 10.6 Å². The van der Waals surface area contributed by atoms with Crippen LogP contribution in [0.1, 0.15) is 61.1 Å². The molecule has 2 aliphatic rings. The van der Waals surface area contributed by atoms with E-state index in [1.807, 2.05) is 17.0 Å². The molecule has 6 heteroatoms. The van der Waals surface area contributed by atoms with Crippen LogP contribution in [0.5, 0.6) is 0 Å². The number of aryl methyl sites for hydroxylation is 1. The molecule has 5 nitrogen and oxygen atoms in total. The van der Waals surface area contributed by atoms with E-state index >= 15 is 0 Å². The van der Waals surface area contributed by atoms with E-state index < -0.39 is 0 Å². The van der Waals surface area contributed by atoms with Crippen LogP contribution in [0, 0.1) is 18.7 Å². The minimum atomic E-state index is -0.255. The van der Waals surface area contributed by atoms with Crippen molar-refractivity contribution in [2.75, 3.05) is 13.1 Å². The number of benzene rings is 2. The number of nitrogens with one attached hydrogen (secondary N) is 2. The van der Waals surface area contributed by atoms with Crippen molar-refractivity contribution in [2.24, 2.45) is 5.92 Å². The van der Waals surface area contributed by atoms with Crippen LogP contribution in [0.15, 0.2) is 48.5 Å². The van der Waals surface area contributed by atoms with Crippen LogP contribution in [-0.4, -0.2) is 36.0 Å². The SMILES string of the molecule is Cc1ccc(CNC(=O)C2CCN(C(=O)NC3CCC(c4ccccc4)CC3)CC2)cc1F. The van der Waals surface area contributed by atoms with Gasteiger partial charge < -0.3 is 15.5 Å². The van der Waals surface area contributed by atoms with E-state index in [1.165, 1.54) is 11.6 Å². The molecule has 4 rings (SSSR count). The Morgan fingerprint density at radius 2 is 1.67 bits per heavy atom. The first-order valence-electron chi connectivity index (χ1n) is 12.1. The summed E-state index contributed by atoms with van der Waals surface area (Å²) in [7, 11) is 0. The molecule has 2 aromatic carbocycles. The summed E-state index contributed by atoms with van der Waals surface area (Å²) < 4.78 is 13.7. The summed E-state index contributed by atoms with van der Waals surface area (Å²) in [6, 6.07) is 15.9. The zero-order valence-corrected chi connectivity index (χ0v) is 19.4. The molecule has 2 aromatic rings. The third-order valence-electron chi connectivity index (χ3n) is 7.18. The molecule has 0 radical (unpaired) electrons. The number of hydrogen-bond donors (Lipinski definition) is 2. The first-order valence-corrected chi connectivity index (χ1v) is 12.1. The average molecular weight is 452 g/mol. The standard InChI is InChI=1S/C27H34FN3O2/c1-19-7-8-20(17-25(19)28)18-29-26(32)23-13-15-31(16-14-23)27(33)30-24-11-9-22(10-12-24)21-5-3-2-4-6-21/h2-8,17,22-24H,9-16,18H2,1H3,(H,29,32)(H,30,33). The second-order valence-electron chi connectivity index (χ2n) is 9.47. The van der Waals surface area contributed by atoms with Gasteiger partial charge in [0.2, 0.25) is 5.91 Å². The van der Waals surface area contributed by atoms with Gasteiger partial charge in [-0.2, -0.15) is 0 Å². The lowest BCUT2D eigenvalue weighted by Crippen LogP contribution is -2.49. The fraction of sp³-hybridized carbons (Fsp3) is 0.481. The second kappa shape index (κ2) is 10.8. The van der Waals surface area contributed by atoms with Crippen molar-refractivity contribution in [3.63, 3.8) is 0 Å². The molecule has 33 heavy (non-hydrogen) atoms. The predicted molar refractivity (Wildman–Crippen MR) is 127 cm³/mol. The monoisotopic (exact) mass is 451 g/mol. The maximum absolute atomic E-state index is 13.7. The first kappa shape index (κ1) is 23.3. The molecule has 176 valence electrons. The number of nitrogens with zero attached hydrogens (tertiary/aromatic N) is 1. The van der Waals surface area contributed by atoms with E-state index in [2.05, 4.69) is 34.9 Å². The fourth-order valence-electron chi connectivity index (χ4n) is 4.99. The van der Waals surface area contributed by atoms with Gasteiger partial charge in [0, 0.05) is 31.6 Å². The Labute approximate surface area is 195 Å². The van der Waals surface area contributed by atoms with E-state index in [1.54, 1.807) is 13.0 Å². The minimum absolute atomic E-state index is 0.00727. The Balaban J connectivity index is 1.17. The summed E-state index contributed by atoms with van der Waals surface area (Å²) in [4.78, 5) is 27.1. The number of amides is 3. The Morgan fingerprint density at radius 1 is 0.970 bits per heavy atom. The zero-order chi connectivity index (χ0) is 23.2. The highest BCUT2D eigenvalue weighted by Crippen LogP contribution is 2.32. The van der Waals surface area contributed by atoms with Crippen molar-refractivity contribution in [1.82, 2.24) is 15.5 Å². The molecule has 1 saturated carbocycles. The number of piperidine rings is 1. The quantitative estimate of drug-likeness (QED) is 0.679. The van der Waals surface area contributed by atoms with Crippen molar-refractivity contribution in [1.29, 1.82) is 0 Å². The predicted octanol–water partition coefficient (Wildman–Crippen LogP) is 4.90. The topological polar surface area (TPSA) is 61.4 Å². The maximum Gasteiger partial charge on any atom is 0.317 e. The molecule has 0 spiro atoms. The number of carbonyl (C=O) groups is 2. The van der Waals surface area contributed by atoms with Gasteiger partial charge in [-0.3, -0.25) is 4.79 Å². The van der Waals surface area contributed by atoms with Crippen LogP contribution in [-0.2, 0) is 11.3 Å². The highest BCUT2D eigenvalue weighted by atomic mass is 19.1. The van der Waals surface area contributed by atoms with Gasteiger partial charge in [0.05, 0.1) is 0 Å². The minimum Gasteiger partial charge on any atom is -0.352 e. The summed E-state index contributed by atoms with van der Waals surface area (Å²) in [5, 5.41) is 6.13. The van der Waals surface area contributed by atoms with Gasteiger partial charge in [0.15, 0.2) is 0 Å². The molecule has 2 fully saturated rings. The third-order valence-corrected chi connectivity index (χ3v) is 7.18. The highest BCUT2D eigenvalue weighted by molar-refractivity contribution is 5.79. The van der Waals surface area contributed by atoms with Gasteiger partial charge in [-0.15, -0.1) is 0 Å². The molecular formula is C27H34FN3O2. The van der Waals surface area contributed by atoms with Crippen LogP contribution in [0.4, 0.5) is 9.18 Å². The summed E-state index contributed by atoms with van der Waals surface area (Å²) >= 11 is 0. The molecule has 0 atom stereocenters. The second-order valence-corrected chi connectivity index (χ2v) is 9.47. The van der Waals surface area contributed by atoms with Gasteiger partial charge in [-0.25, -0.2) is 9.18 Å². The lowest BCUT2D eigenvalue weighted by molar-refractivity contribution is -0.126. The summed E-state index contributed by atoms with van der Waals surface area (Å²) in [6.45, 7) is 3.21. The summed E-state index contributed by atoms with van der Waals surface area (Å²) in [5.74, 6) is 0.209. The number of halogens is 1. The molecule has 1 aliphatic carbocycles. The van der Waals surface area contributed by atoms with Crippen molar-refractivity contribution in [3.05, 3.63) is 71.0 Å². The molecule has 0 unspecified atom stereocenters. The average Bonchev–Trinajstić information content (AvgIpc) is 2.85. The summed E-state index contributed by atoms with van der Waals surface area (Å²) in [6.07, 6.45) is 5.52. The number of rotatable bonds is 5. The normalized spacial score (nSPS) is 21.5. The van der Waals surface area contributed by atoms with Crippen LogP contribution >= 0.6 is 0 Å².